The summed E-state index contributed by atoms with van der Waals surface area (Å²) in [5, 5.41) is 7.17. The van der Waals surface area contributed by atoms with Gasteiger partial charge in [0.1, 0.15) is 0 Å². The van der Waals surface area contributed by atoms with Gasteiger partial charge in [-0.25, -0.2) is 0 Å². The molecule has 2 aromatic carbocycles. The minimum atomic E-state index is 0.0773. The second-order valence-corrected chi connectivity index (χ2v) is 7.24. The van der Waals surface area contributed by atoms with Gasteiger partial charge in [0.2, 0.25) is 5.91 Å². The molecule has 0 aliphatic carbocycles. The summed E-state index contributed by atoms with van der Waals surface area (Å²) in [6, 6.07) is 16.3. The van der Waals surface area contributed by atoms with Crippen LogP contribution in [0, 0.1) is 18.6 Å². The van der Waals surface area contributed by atoms with Crippen molar-refractivity contribution in [2.24, 2.45) is 0 Å². The molecule has 1 amide bonds. The molecule has 0 aliphatic heterocycles. The van der Waals surface area contributed by atoms with Crippen LogP contribution in [-0.2, 0) is 17.9 Å². The smallest absolute Gasteiger partial charge is 0.224 e. The van der Waals surface area contributed by atoms with Gasteiger partial charge < -0.3 is 4.90 Å². The summed E-state index contributed by atoms with van der Waals surface area (Å²) in [4.78, 5) is 14.3. The summed E-state index contributed by atoms with van der Waals surface area (Å²) in [6.07, 6.45) is 0.370. The molecule has 0 aliphatic rings. The van der Waals surface area contributed by atoms with Gasteiger partial charge in [-0.3, -0.25) is 14.5 Å². The van der Waals surface area contributed by atoms with E-state index in [0.717, 1.165) is 17.0 Å². The fraction of sp³-hybridized carbons (Fsp3) is 0.286. The largest absolute Gasteiger partial charge is 0.341 e. The van der Waals surface area contributed by atoms with Crippen molar-refractivity contribution in [1.29, 1.82) is 0 Å². The summed E-state index contributed by atoms with van der Waals surface area (Å²) >= 11 is 5.35. The molecule has 0 fully saturated rings. The van der Waals surface area contributed by atoms with Gasteiger partial charge >= 0.3 is 0 Å². The number of carbonyl (C=O) groups excluding carboxylic acids is 1. The number of hydrogen-bond acceptors (Lipinski definition) is 3. The SMILES string of the molecule is Cc1ccc(CN(C)C(=O)CCn2c(-c3ccc(C)cc3)n[nH]c2=S)cc1. The highest BCUT2D eigenvalue weighted by Gasteiger charge is 2.13. The predicted octanol–water partition coefficient (Wildman–Crippen LogP) is 4.27. The summed E-state index contributed by atoms with van der Waals surface area (Å²) < 4.78 is 2.41. The summed E-state index contributed by atoms with van der Waals surface area (Å²) in [7, 11) is 1.83. The number of aromatic amines is 1. The van der Waals surface area contributed by atoms with Crippen LogP contribution in [0.2, 0.25) is 0 Å². The third-order valence-electron chi connectivity index (χ3n) is 4.58. The molecule has 5 nitrogen and oxygen atoms in total. The Labute approximate surface area is 164 Å². The second-order valence-electron chi connectivity index (χ2n) is 6.86. The topological polar surface area (TPSA) is 53.9 Å². The van der Waals surface area contributed by atoms with Crippen LogP contribution in [0.4, 0.5) is 0 Å². The molecule has 3 aromatic rings. The summed E-state index contributed by atoms with van der Waals surface area (Å²) in [6.45, 7) is 5.19. The second kappa shape index (κ2) is 8.31. The molecule has 0 radical (unpaired) electrons. The average Bonchev–Trinajstić information content (AvgIpc) is 3.02. The molecule has 3 rings (SSSR count). The quantitative estimate of drug-likeness (QED) is 0.650. The first kappa shape index (κ1) is 19.0. The molecule has 1 N–H and O–H groups in total. The molecule has 0 spiro atoms. The molecule has 0 saturated heterocycles. The number of carbonyl (C=O) groups is 1. The molecule has 0 unspecified atom stereocenters. The summed E-state index contributed by atoms with van der Waals surface area (Å²) in [5.41, 5.74) is 4.50. The van der Waals surface area contributed by atoms with Crippen molar-refractivity contribution in [1.82, 2.24) is 19.7 Å². The van der Waals surface area contributed by atoms with E-state index in [1.807, 2.05) is 42.8 Å². The van der Waals surface area contributed by atoms with Gasteiger partial charge in [-0.1, -0.05) is 59.7 Å². The molecule has 27 heavy (non-hydrogen) atoms. The van der Waals surface area contributed by atoms with Crippen LogP contribution >= 0.6 is 12.2 Å². The Morgan fingerprint density at radius 3 is 2.30 bits per heavy atom. The Hall–Kier alpha value is -2.73. The third-order valence-corrected chi connectivity index (χ3v) is 4.90. The lowest BCUT2D eigenvalue weighted by molar-refractivity contribution is -0.130. The zero-order chi connectivity index (χ0) is 19.4. The van der Waals surface area contributed by atoms with E-state index in [1.54, 1.807) is 4.90 Å². The van der Waals surface area contributed by atoms with E-state index in [1.165, 1.54) is 11.1 Å². The lowest BCUT2D eigenvalue weighted by Crippen LogP contribution is -2.27. The van der Waals surface area contributed by atoms with Crippen LogP contribution in [-0.4, -0.2) is 32.6 Å². The number of amides is 1. The lowest BCUT2D eigenvalue weighted by Gasteiger charge is -2.18. The van der Waals surface area contributed by atoms with Crippen LogP contribution in [0.1, 0.15) is 23.1 Å². The van der Waals surface area contributed by atoms with Crippen molar-refractivity contribution >= 4 is 18.1 Å². The predicted molar refractivity (Wildman–Crippen MR) is 110 cm³/mol. The average molecular weight is 381 g/mol. The van der Waals surface area contributed by atoms with E-state index in [9.17, 15) is 4.79 Å². The molecular formula is C21H24N4OS. The normalized spacial score (nSPS) is 10.8. The van der Waals surface area contributed by atoms with E-state index in [0.29, 0.717) is 24.3 Å². The minimum absolute atomic E-state index is 0.0773. The van der Waals surface area contributed by atoms with Crippen molar-refractivity contribution < 1.29 is 4.79 Å². The van der Waals surface area contributed by atoms with Crippen LogP contribution in [0.25, 0.3) is 11.4 Å². The van der Waals surface area contributed by atoms with Crippen molar-refractivity contribution in [2.45, 2.75) is 33.4 Å². The standard InChI is InChI=1S/C21H24N4OS/c1-15-4-8-17(9-5-15)14-24(3)19(26)12-13-25-20(22-23-21(25)27)18-10-6-16(2)7-11-18/h4-11H,12-14H2,1-3H3,(H,23,27). The number of rotatable bonds is 6. The maximum absolute atomic E-state index is 12.6. The maximum Gasteiger partial charge on any atom is 0.224 e. The number of hydrogen-bond donors (Lipinski definition) is 1. The van der Waals surface area contributed by atoms with Crippen molar-refractivity contribution in [3.63, 3.8) is 0 Å². The maximum atomic E-state index is 12.6. The zero-order valence-electron chi connectivity index (χ0n) is 15.9. The number of aryl methyl sites for hydroxylation is 2. The van der Waals surface area contributed by atoms with Crippen molar-refractivity contribution in [3.8, 4) is 11.4 Å². The van der Waals surface area contributed by atoms with Crippen molar-refractivity contribution in [2.75, 3.05) is 7.05 Å². The van der Waals surface area contributed by atoms with Gasteiger partial charge in [0, 0.05) is 32.1 Å². The fourth-order valence-corrected chi connectivity index (χ4v) is 3.13. The molecule has 6 heteroatoms. The first-order valence-corrected chi connectivity index (χ1v) is 9.36. The molecule has 0 atom stereocenters. The van der Waals surface area contributed by atoms with Crippen molar-refractivity contribution in [3.05, 3.63) is 70.0 Å². The molecule has 1 aromatic heterocycles. The van der Waals surface area contributed by atoms with Gasteiger partial charge in [0.25, 0.3) is 0 Å². The first-order chi connectivity index (χ1) is 12.9. The number of nitrogens with zero attached hydrogens (tertiary/aromatic N) is 3. The minimum Gasteiger partial charge on any atom is -0.341 e. The van der Waals surface area contributed by atoms with E-state index in [-0.39, 0.29) is 5.91 Å². The Morgan fingerprint density at radius 2 is 1.67 bits per heavy atom. The zero-order valence-corrected chi connectivity index (χ0v) is 16.7. The molecule has 0 saturated carbocycles. The number of aromatic nitrogens is 3. The monoisotopic (exact) mass is 380 g/mol. The molecule has 140 valence electrons. The van der Waals surface area contributed by atoms with E-state index in [2.05, 4.69) is 41.4 Å². The lowest BCUT2D eigenvalue weighted by atomic mass is 10.1. The number of nitrogens with one attached hydrogen (secondary N) is 1. The van der Waals surface area contributed by atoms with Crippen LogP contribution in [0.15, 0.2) is 48.5 Å². The van der Waals surface area contributed by atoms with Gasteiger partial charge in [-0.15, -0.1) is 0 Å². The van der Waals surface area contributed by atoms with E-state index < -0.39 is 0 Å². The highest BCUT2D eigenvalue weighted by molar-refractivity contribution is 7.71. The Kier molecular flexibility index (Phi) is 5.86. The molecule has 0 bridgehead atoms. The Bertz CT molecular complexity index is 971. The Morgan fingerprint density at radius 1 is 1.07 bits per heavy atom. The van der Waals surface area contributed by atoms with Crippen LogP contribution < -0.4 is 0 Å². The van der Waals surface area contributed by atoms with Gasteiger partial charge in [0.15, 0.2) is 10.6 Å². The van der Waals surface area contributed by atoms with Crippen LogP contribution in [0.3, 0.4) is 0 Å². The van der Waals surface area contributed by atoms with Gasteiger partial charge in [0.05, 0.1) is 0 Å². The van der Waals surface area contributed by atoms with Crippen LogP contribution in [0.5, 0.6) is 0 Å². The summed E-state index contributed by atoms with van der Waals surface area (Å²) in [5.74, 6) is 0.836. The van der Waals surface area contributed by atoms with Gasteiger partial charge in [-0.05, 0) is 31.6 Å². The number of benzene rings is 2. The highest BCUT2D eigenvalue weighted by atomic mass is 32.1. The van der Waals surface area contributed by atoms with E-state index in [4.69, 9.17) is 12.2 Å². The highest BCUT2D eigenvalue weighted by Crippen LogP contribution is 2.18. The molecule has 1 heterocycles. The number of H-pyrrole nitrogens is 1. The first-order valence-electron chi connectivity index (χ1n) is 8.96. The molecular weight excluding hydrogens is 356 g/mol. The van der Waals surface area contributed by atoms with Gasteiger partial charge in [-0.2, -0.15) is 5.10 Å². The van der Waals surface area contributed by atoms with E-state index >= 15 is 0 Å². The Balaban J connectivity index is 1.66. The third kappa shape index (κ3) is 4.71. The fourth-order valence-electron chi connectivity index (χ4n) is 2.90.